The van der Waals surface area contributed by atoms with Gasteiger partial charge in [-0.05, 0) is 47.7 Å². The van der Waals surface area contributed by atoms with Crippen molar-refractivity contribution in [3.63, 3.8) is 0 Å². The Morgan fingerprint density at radius 1 is 1.35 bits per heavy atom. The van der Waals surface area contributed by atoms with Gasteiger partial charge in [0.1, 0.15) is 5.82 Å². The smallest absolute Gasteiger partial charge is 0.255 e. The van der Waals surface area contributed by atoms with Crippen LogP contribution in [0.3, 0.4) is 0 Å². The molecule has 0 atom stereocenters. The summed E-state index contributed by atoms with van der Waals surface area (Å²) < 4.78 is 13.8. The highest BCUT2D eigenvalue weighted by molar-refractivity contribution is 14.1. The molecule has 1 aliphatic rings. The molecule has 1 heterocycles. The lowest BCUT2D eigenvalue weighted by atomic mass is 10.1. The molecule has 1 aliphatic heterocycles. The number of hydrogen-bond acceptors (Lipinski definition) is 2. The summed E-state index contributed by atoms with van der Waals surface area (Å²) in [5, 5.41) is 0.184. The topological polar surface area (TPSA) is 23.6 Å². The normalized spacial score (nSPS) is 16.5. The second kappa shape index (κ2) is 7.04. The molecule has 20 heavy (non-hydrogen) atoms. The van der Waals surface area contributed by atoms with E-state index < -0.39 is 0 Å². The Kier molecular flexibility index (Phi) is 5.63. The molecule has 0 saturated carbocycles. The van der Waals surface area contributed by atoms with Gasteiger partial charge in [-0.15, -0.1) is 0 Å². The van der Waals surface area contributed by atoms with E-state index in [1.165, 1.54) is 12.1 Å². The van der Waals surface area contributed by atoms with Crippen LogP contribution in [0, 0.1) is 9.39 Å². The Morgan fingerprint density at radius 2 is 2.00 bits per heavy atom. The average molecular weight is 411 g/mol. The minimum Gasteiger partial charge on any atom is -0.336 e. The summed E-state index contributed by atoms with van der Waals surface area (Å²) in [5.41, 5.74) is 0.390. The van der Waals surface area contributed by atoms with E-state index in [2.05, 4.69) is 11.8 Å². The van der Waals surface area contributed by atoms with Crippen LogP contribution in [0.25, 0.3) is 0 Å². The Labute approximate surface area is 137 Å². The molecule has 1 aromatic carbocycles. The van der Waals surface area contributed by atoms with Crippen molar-refractivity contribution >= 4 is 40.1 Å². The summed E-state index contributed by atoms with van der Waals surface area (Å²) in [7, 11) is 0. The first-order valence-electron chi connectivity index (χ1n) is 6.69. The van der Waals surface area contributed by atoms with E-state index in [9.17, 15) is 9.18 Å². The van der Waals surface area contributed by atoms with Crippen LogP contribution < -0.4 is 0 Å². The van der Waals surface area contributed by atoms with Crippen molar-refractivity contribution in [1.29, 1.82) is 0 Å². The number of rotatable bonds is 3. The third-order valence-electron chi connectivity index (χ3n) is 3.44. The maximum absolute atomic E-state index is 13.4. The molecule has 2 rings (SSSR count). The second-order valence-electron chi connectivity index (χ2n) is 4.88. The van der Waals surface area contributed by atoms with Crippen LogP contribution in [0.5, 0.6) is 0 Å². The average Bonchev–Trinajstić information content (AvgIpc) is 2.43. The molecule has 0 N–H and O–H groups in total. The SMILES string of the molecule is CCCN1CCN(C(=O)c2cc(I)c(F)cc2Cl)CC1. The largest absolute Gasteiger partial charge is 0.336 e. The zero-order valence-corrected chi connectivity index (χ0v) is 14.2. The van der Waals surface area contributed by atoms with Crippen molar-refractivity contribution in [1.82, 2.24) is 9.80 Å². The van der Waals surface area contributed by atoms with Crippen molar-refractivity contribution in [2.75, 3.05) is 32.7 Å². The number of carbonyl (C=O) groups is 1. The zero-order valence-electron chi connectivity index (χ0n) is 11.3. The molecule has 1 amide bonds. The summed E-state index contributed by atoms with van der Waals surface area (Å²) in [6.07, 6.45) is 1.12. The number of halogens is 3. The number of carbonyl (C=O) groups excluding carboxylic acids is 1. The molecule has 6 heteroatoms. The molecule has 0 radical (unpaired) electrons. The van der Waals surface area contributed by atoms with Gasteiger partial charge in [-0.2, -0.15) is 0 Å². The van der Waals surface area contributed by atoms with E-state index in [0.29, 0.717) is 22.2 Å². The second-order valence-corrected chi connectivity index (χ2v) is 6.45. The number of benzene rings is 1. The molecule has 0 unspecified atom stereocenters. The van der Waals surface area contributed by atoms with E-state index in [4.69, 9.17) is 11.6 Å². The lowest BCUT2D eigenvalue weighted by Crippen LogP contribution is -2.48. The van der Waals surface area contributed by atoms with Gasteiger partial charge in [-0.25, -0.2) is 4.39 Å². The fourth-order valence-corrected chi connectivity index (χ4v) is 3.05. The molecule has 1 saturated heterocycles. The molecule has 0 aromatic heterocycles. The van der Waals surface area contributed by atoms with Gasteiger partial charge in [0.25, 0.3) is 5.91 Å². The monoisotopic (exact) mass is 410 g/mol. The fourth-order valence-electron chi connectivity index (χ4n) is 2.35. The van der Waals surface area contributed by atoms with Crippen molar-refractivity contribution < 1.29 is 9.18 Å². The van der Waals surface area contributed by atoms with Crippen molar-refractivity contribution in [2.45, 2.75) is 13.3 Å². The highest BCUT2D eigenvalue weighted by atomic mass is 127. The first-order valence-corrected chi connectivity index (χ1v) is 8.14. The van der Waals surface area contributed by atoms with E-state index in [0.717, 1.165) is 26.1 Å². The predicted octanol–water partition coefficient (Wildman–Crippen LogP) is 3.25. The summed E-state index contributed by atoms with van der Waals surface area (Å²) in [4.78, 5) is 16.6. The predicted molar refractivity (Wildman–Crippen MR) is 86.8 cm³/mol. The van der Waals surface area contributed by atoms with Gasteiger partial charge in [0.15, 0.2) is 0 Å². The standard InChI is InChI=1S/C14H17ClFIN2O/c1-2-3-18-4-6-19(7-5-18)14(20)10-8-13(17)12(16)9-11(10)15/h8-9H,2-7H2,1H3. The van der Waals surface area contributed by atoms with Gasteiger partial charge >= 0.3 is 0 Å². The molecular formula is C14H17ClFIN2O. The van der Waals surface area contributed by atoms with Crippen molar-refractivity contribution in [3.05, 3.63) is 32.1 Å². The molecule has 0 bridgehead atoms. The molecule has 110 valence electrons. The molecule has 1 fully saturated rings. The van der Waals surface area contributed by atoms with Crippen LogP contribution in [0.4, 0.5) is 4.39 Å². The summed E-state index contributed by atoms with van der Waals surface area (Å²) in [5.74, 6) is -0.496. The minimum absolute atomic E-state index is 0.107. The fraction of sp³-hybridized carbons (Fsp3) is 0.500. The highest BCUT2D eigenvalue weighted by Gasteiger charge is 2.24. The first-order chi connectivity index (χ1) is 9.52. The van der Waals surface area contributed by atoms with Gasteiger partial charge < -0.3 is 4.90 Å². The zero-order chi connectivity index (χ0) is 14.7. The van der Waals surface area contributed by atoms with E-state index in [-0.39, 0.29) is 16.7 Å². The van der Waals surface area contributed by atoms with E-state index in [1.807, 2.05) is 22.6 Å². The van der Waals surface area contributed by atoms with Crippen molar-refractivity contribution in [2.24, 2.45) is 0 Å². The van der Waals surface area contributed by atoms with Gasteiger partial charge in [-0.1, -0.05) is 18.5 Å². The quantitative estimate of drug-likeness (QED) is 0.564. The molecule has 1 aromatic rings. The minimum atomic E-state index is -0.389. The lowest BCUT2D eigenvalue weighted by molar-refractivity contribution is 0.0637. The Bertz CT molecular complexity index is 504. The van der Waals surface area contributed by atoms with E-state index in [1.54, 1.807) is 4.90 Å². The van der Waals surface area contributed by atoms with Gasteiger partial charge in [0.2, 0.25) is 0 Å². The third-order valence-corrected chi connectivity index (χ3v) is 4.58. The summed E-state index contributed by atoms with van der Waals surface area (Å²) >= 11 is 7.87. The number of hydrogen-bond donors (Lipinski definition) is 0. The van der Waals surface area contributed by atoms with Crippen LogP contribution in [0.1, 0.15) is 23.7 Å². The highest BCUT2D eigenvalue weighted by Crippen LogP contribution is 2.23. The molecular weight excluding hydrogens is 394 g/mol. The first kappa shape index (κ1) is 16.0. The maximum atomic E-state index is 13.4. The number of nitrogens with zero attached hydrogens (tertiary/aromatic N) is 2. The van der Waals surface area contributed by atoms with Gasteiger partial charge in [0, 0.05) is 29.7 Å². The number of piperazine rings is 1. The van der Waals surface area contributed by atoms with E-state index >= 15 is 0 Å². The third kappa shape index (κ3) is 3.62. The Hall–Kier alpha value is -0.400. The van der Waals surface area contributed by atoms with Crippen LogP contribution in [0.15, 0.2) is 12.1 Å². The lowest BCUT2D eigenvalue weighted by Gasteiger charge is -2.34. The van der Waals surface area contributed by atoms with Crippen LogP contribution in [0.2, 0.25) is 5.02 Å². The Balaban J connectivity index is 2.07. The number of amides is 1. The molecule has 0 aliphatic carbocycles. The summed E-state index contributed by atoms with van der Waals surface area (Å²) in [6.45, 7) is 6.38. The summed E-state index contributed by atoms with van der Waals surface area (Å²) in [6, 6.07) is 2.74. The molecule has 3 nitrogen and oxygen atoms in total. The van der Waals surface area contributed by atoms with Crippen LogP contribution in [-0.2, 0) is 0 Å². The van der Waals surface area contributed by atoms with Crippen LogP contribution >= 0.6 is 34.2 Å². The molecule has 0 spiro atoms. The van der Waals surface area contributed by atoms with Gasteiger partial charge in [-0.3, -0.25) is 9.69 Å². The van der Waals surface area contributed by atoms with Crippen molar-refractivity contribution in [3.8, 4) is 0 Å². The Morgan fingerprint density at radius 3 is 2.60 bits per heavy atom. The van der Waals surface area contributed by atoms with Crippen LogP contribution in [-0.4, -0.2) is 48.4 Å². The van der Waals surface area contributed by atoms with Gasteiger partial charge in [0.05, 0.1) is 10.6 Å². The maximum Gasteiger partial charge on any atom is 0.255 e.